The third kappa shape index (κ3) is 2.34. The Hall–Kier alpha value is -0.830. The summed E-state index contributed by atoms with van der Waals surface area (Å²) in [7, 11) is 0. The summed E-state index contributed by atoms with van der Waals surface area (Å²) in [5.74, 6) is -0.197. The van der Waals surface area contributed by atoms with Crippen molar-refractivity contribution in [3.8, 4) is 0 Å². The van der Waals surface area contributed by atoms with Crippen LogP contribution in [0.2, 0.25) is 0 Å². The van der Waals surface area contributed by atoms with Gasteiger partial charge in [0.05, 0.1) is 6.10 Å². The van der Waals surface area contributed by atoms with E-state index in [1.165, 1.54) is 0 Å². The molecule has 2 atom stereocenters. The summed E-state index contributed by atoms with van der Waals surface area (Å²) >= 11 is 0. The highest BCUT2D eigenvalue weighted by Gasteiger charge is 2.28. The first-order valence-corrected chi connectivity index (χ1v) is 4.22. The monoisotopic (exact) mass is 170 g/mol. The van der Waals surface area contributed by atoms with Crippen LogP contribution in [-0.4, -0.2) is 23.3 Å². The predicted octanol–water partition coefficient (Wildman–Crippen LogP) is 1.02. The second-order valence-corrected chi connectivity index (χ2v) is 3.00. The molecular weight excluding hydrogens is 156 g/mol. The van der Waals surface area contributed by atoms with Gasteiger partial charge in [0.1, 0.15) is 6.10 Å². The number of carbonyl (C=O) groups excluding carboxylic acids is 1. The normalized spacial score (nSPS) is 25.1. The molecule has 0 aliphatic carbocycles. The Labute approximate surface area is 72.0 Å². The summed E-state index contributed by atoms with van der Waals surface area (Å²) in [6.07, 6.45) is 3.43. The Kier molecular flexibility index (Phi) is 3.29. The van der Waals surface area contributed by atoms with E-state index in [0.29, 0.717) is 19.3 Å². The topological polar surface area (TPSA) is 46.5 Å². The van der Waals surface area contributed by atoms with Crippen molar-refractivity contribution in [1.82, 2.24) is 0 Å². The van der Waals surface area contributed by atoms with E-state index in [9.17, 15) is 9.90 Å². The molecular formula is C9H14O3. The Morgan fingerprint density at radius 1 is 1.83 bits per heavy atom. The van der Waals surface area contributed by atoms with Crippen molar-refractivity contribution in [1.29, 1.82) is 0 Å². The zero-order valence-electron chi connectivity index (χ0n) is 7.03. The predicted molar refractivity (Wildman–Crippen MR) is 44.6 cm³/mol. The number of rotatable bonds is 4. The Morgan fingerprint density at radius 2 is 2.58 bits per heavy atom. The van der Waals surface area contributed by atoms with Gasteiger partial charge in [-0.2, -0.15) is 0 Å². The lowest BCUT2D eigenvalue weighted by Crippen LogP contribution is -2.25. The molecule has 0 radical (unpaired) electrons. The minimum atomic E-state index is -0.519. The molecule has 1 rings (SSSR count). The maximum Gasteiger partial charge on any atom is 0.306 e. The molecule has 0 spiro atoms. The zero-order valence-corrected chi connectivity index (χ0v) is 7.03. The minimum absolute atomic E-state index is 0.197. The fourth-order valence-electron chi connectivity index (χ4n) is 1.29. The third-order valence-electron chi connectivity index (χ3n) is 2.01. The van der Waals surface area contributed by atoms with Gasteiger partial charge in [-0.15, -0.1) is 6.58 Å². The number of hydrogen-bond acceptors (Lipinski definition) is 3. The van der Waals surface area contributed by atoms with E-state index in [-0.39, 0.29) is 12.1 Å². The van der Waals surface area contributed by atoms with Gasteiger partial charge in [0, 0.05) is 6.42 Å². The first kappa shape index (κ1) is 9.26. The van der Waals surface area contributed by atoms with E-state index >= 15 is 0 Å². The van der Waals surface area contributed by atoms with Gasteiger partial charge < -0.3 is 9.84 Å². The van der Waals surface area contributed by atoms with Gasteiger partial charge >= 0.3 is 5.97 Å². The van der Waals surface area contributed by atoms with Crippen LogP contribution in [0.15, 0.2) is 12.7 Å². The van der Waals surface area contributed by atoms with Gasteiger partial charge in [-0.25, -0.2) is 0 Å². The number of ether oxygens (including phenoxy) is 1. The Bertz CT molecular complexity index is 177. The molecule has 1 heterocycles. The standard InChI is InChI=1S/C9H14O3/c1-2-3-4-7(10)8-5-6-9(11)12-8/h2,7-8,10H,1,3-6H2/t7-,8-/m0/s1. The van der Waals surface area contributed by atoms with Crippen molar-refractivity contribution in [2.75, 3.05) is 0 Å². The molecule has 1 aliphatic rings. The van der Waals surface area contributed by atoms with Gasteiger partial charge in [0.15, 0.2) is 0 Å². The Balaban J connectivity index is 2.27. The number of aliphatic hydroxyl groups is 1. The zero-order chi connectivity index (χ0) is 8.97. The summed E-state index contributed by atoms with van der Waals surface area (Å²) < 4.78 is 4.90. The summed E-state index contributed by atoms with van der Waals surface area (Å²) in [6.45, 7) is 3.56. The molecule has 0 aromatic heterocycles. The molecule has 1 aliphatic heterocycles. The van der Waals surface area contributed by atoms with Crippen LogP contribution in [0.5, 0.6) is 0 Å². The van der Waals surface area contributed by atoms with Crippen molar-refractivity contribution in [3.05, 3.63) is 12.7 Å². The molecule has 0 aromatic rings. The van der Waals surface area contributed by atoms with Gasteiger partial charge in [-0.3, -0.25) is 4.79 Å². The highest BCUT2D eigenvalue weighted by atomic mass is 16.6. The Morgan fingerprint density at radius 3 is 3.08 bits per heavy atom. The second-order valence-electron chi connectivity index (χ2n) is 3.00. The van der Waals surface area contributed by atoms with Crippen LogP contribution in [0.25, 0.3) is 0 Å². The first-order chi connectivity index (χ1) is 5.74. The van der Waals surface area contributed by atoms with Crippen LogP contribution < -0.4 is 0 Å². The summed E-state index contributed by atoms with van der Waals surface area (Å²) in [6, 6.07) is 0. The molecule has 1 N–H and O–H groups in total. The summed E-state index contributed by atoms with van der Waals surface area (Å²) in [5, 5.41) is 9.47. The second kappa shape index (κ2) is 4.26. The maximum atomic E-state index is 10.7. The number of allylic oxidation sites excluding steroid dienone is 1. The van der Waals surface area contributed by atoms with Gasteiger partial charge in [-0.05, 0) is 19.3 Å². The summed E-state index contributed by atoms with van der Waals surface area (Å²) in [4.78, 5) is 10.7. The fraction of sp³-hybridized carbons (Fsp3) is 0.667. The van der Waals surface area contributed by atoms with Crippen LogP contribution in [0.3, 0.4) is 0 Å². The number of esters is 1. The van der Waals surface area contributed by atoms with E-state index < -0.39 is 6.10 Å². The molecule has 1 fully saturated rings. The molecule has 12 heavy (non-hydrogen) atoms. The van der Waals surface area contributed by atoms with Crippen molar-refractivity contribution in [2.24, 2.45) is 0 Å². The average molecular weight is 170 g/mol. The van der Waals surface area contributed by atoms with Crippen molar-refractivity contribution in [2.45, 2.75) is 37.9 Å². The van der Waals surface area contributed by atoms with E-state index in [4.69, 9.17) is 4.74 Å². The van der Waals surface area contributed by atoms with Gasteiger partial charge in [-0.1, -0.05) is 6.08 Å². The van der Waals surface area contributed by atoms with E-state index in [2.05, 4.69) is 6.58 Å². The van der Waals surface area contributed by atoms with Gasteiger partial charge in [0.2, 0.25) is 0 Å². The van der Waals surface area contributed by atoms with Crippen molar-refractivity contribution >= 4 is 5.97 Å². The van der Waals surface area contributed by atoms with Crippen LogP contribution in [0.4, 0.5) is 0 Å². The van der Waals surface area contributed by atoms with Crippen LogP contribution in [0.1, 0.15) is 25.7 Å². The van der Waals surface area contributed by atoms with Crippen molar-refractivity contribution in [3.63, 3.8) is 0 Å². The van der Waals surface area contributed by atoms with Crippen molar-refractivity contribution < 1.29 is 14.6 Å². The largest absolute Gasteiger partial charge is 0.460 e. The quantitative estimate of drug-likeness (QED) is 0.506. The van der Waals surface area contributed by atoms with E-state index in [0.717, 1.165) is 6.42 Å². The lowest BCUT2D eigenvalue weighted by Gasteiger charge is -2.15. The molecule has 68 valence electrons. The fourth-order valence-corrected chi connectivity index (χ4v) is 1.29. The maximum absolute atomic E-state index is 10.7. The lowest BCUT2D eigenvalue weighted by atomic mass is 10.1. The SMILES string of the molecule is C=CCC[C@H](O)[C@@H]1CCC(=O)O1. The van der Waals surface area contributed by atoms with Gasteiger partial charge in [0.25, 0.3) is 0 Å². The molecule has 3 heteroatoms. The number of aliphatic hydroxyl groups excluding tert-OH is 1. The third-order valence-corrected chi connectivity index (χ3v) is 2.01. The van der Waals surface area contributed by atoms with Crippen LogP contribution >= 0.6 is 0 Å². The molecule has 0 amide bonds. The van der Waals surface area contributed by atoms with E-state index in [1.54, 1.807) is 6.08 Å². The van der Waals surface area contributed by atoms with E-state index in [1.807, 2.05) is 0 Å². The minimum Gasteiger partial charge on any atom is -0.460 e. The van der Waals surface area contributed by atoms with Crippen LogP contribution in [0, 0.1) is 0 Å². The smallest absolute Gasteiger partial charge is 0.306 e. The number of cyclic esters (lactones) is 1. The highest BCUT2D eigenvalue weighted by Crippen LogP contribution is 2.19. The lowest BCUT2D eigenvalue weighted by molar-refractivity contribution is -0.145. The summed E-state index contributed by atoms with van der Waals surface area (Å²) in [5.41, 5.74) is 0. The molecule has 0 bridgehead atoms. The number of hydrogen-bond donors (Lipinski definition) is 1. The molecule has 0 unspecified atom stereocenters. The molecule has 3 nitrogen and oxygen atoms in total. The van der Waals surface area contributed by atoms with Crippen LogP contribution in [-0.2, 0) is 9.53 Å². The first-order valence-electron chi connectivity index (χ1n) is 4.22. The number of carbonyl (C=O) groups is 1. The average Bonchev–Trinajstić information content (AvgIpc) is 2.47. The highest BCUT2D eigenvalue weighted by molar-refractivity contribution is 5.71. The molecule has 1 saturated heterocycles. The molecule has 0 aromatic carbocycles. The molecule has 0 saturated carbocycles.